The number of carbonyl (C=O) groups excluding carboxylic acids is 1. The molecule has 1 fully saturated rings. The Morgan fingerprint density at radius 1 is 1.06 bits per heavy atom. The summed E-state index contributed by atoms with van der Waals surface area (Å²) in [7, 11) is 0. The first-order valence-corrected chi connectivity index (χ1v) is 11.6. The number of benzene rings is 3. The molecule has 1 amide bonds. The Morgan fingerprint density at radius 3 is 2.59 bits per heavy atom. The topological polar surface area (TPSA) is 72.8 Å². The minimum absolute atomic E-state index is 0.0539. The minimum Gasteiger partial charge on any atom is -0.508 e. The van der Waals surface area contributed by atoms with Crippen molar-refractivity contribution in [1.82, 2.24) is 10.2 Å². The predicted molar refractivity (Wildman–Crippen MR) is 129 cm³/mol. The van der Waals surface area contributed by atoms with Gasteiger partial charge in [0.25, 0.3) is 5.91 Å². The number of nitrogens with zero attached hydrogens (tertiary/aromatic N) is 1. The van der Waals surface area contributed by atoms with Gasteiger partial charge in [-0.2, -0.15) is 0 Å². The van der Waals surface area contributed by atoms with Crippen molar-refractivity contribution in [3.05, 3.63) is 65.7 Å². The number of piperidine rings is 1. The highest BCUT2D eigenvalue weighted by Gasteiger charge is 2.17. The fourth-order valence-corrected chi connectivity index (χ4v) is 4.54. The van der Waals surface area contributed by atoms with E-state index in [0.717, 1.165) is 72.8 Å². The fourth-order valence-electron chi connectivity index (χ4n) is 4.54. The number of carbonyl (C=O) groups is 1. The van der Waals surface area contributed by atoms with Crippen molar-refractivity contribution in [3.8, 4) is 16.9 Å². The lowest BCUT2D eigenvalue weighted by Gasteiger charge is -2.29. The quantitative estimate of drug-likeness (QED) is 0.485. The van der Waals surface area contributed by atoms with Gasteiger partial charge < -0.3 is 20.4 Å². The van der Waals surface area contributed by atoms with E-state index in [4.69, 9.17) is 0 Å². The van der Waals surface area contributed by atoms with Crippen LogP contribution in [0.15, 0.2) is 54.6 Å². The Morgan fingerprint density at radius 2 is 1.81 bits per heavy atom. The lowest BCUT2D eigenvalue weighted by Crippen LogP contribution is -2.37. The van der Waals surface area contributed by atoms with Gasteiger partial charge in [-0.15, -0.1) is 0 Å². The molecular formula is C27H32N2O3. The van der Waals surface area contributed by atoms with Crippen molar-refractivity contribution in [1.29, 1.82) is 0 Å². The third-order valence-corrected chi connectivity index (χ3v) is 6.43. The second-order valence-corrected chi connectivity index (χ2v) is 8.59. The van der Waals surface area contributed by atoms with Crippen LogP contribution in [0.25, 0.3) is 21.9 Å². The molecule has 32 heavy (non-hydrogen) atoms. The molecule has 3 aromatic rings. The van der Waals surface area contributed by atoms with Crippen LogP contribution < -0.4 is 5.32 Å². The number of aliphatic hydroxyl groups excluding tert-OH is 1. The number of hydrogen-bond donors (Lipinski definition) is 3. The molecule has 0 radical (unpaired) electrons. The number of amides is 1. The van der Waals surface area contributed by atoms with Gasteiger partial charge in [0.1, 0.15) is 5.75 Å². The summed E-state index contributed by atoms with van der Waals surface area (Å²) in [6, 6.07) is 17.6. The Bertz CT molecular complexity index is 1090. The number of fused-ring (bicyclic) bond motifs is 1. The van der Waals surface area contributed by atoms with E-state index >= 15 is 0 Å². The molecule has 0 aliphatic carbocycles. The number of phenolic OH excluding ortho intramolecular Hbond substituents is 1. The first-order chi connectivity index (χ1) is 15.6. The molecule has 3 N–H and O–H groups in total. The van der Waals surface area contributed by atoms with Crippen LogP contribution in [0.4, 0.5) is 0 Å². The zero-order valence-electron chi connectivity index (χ0n) is 18.7. The molecule has 1 aliphatic rings. The van der Waals surface area contributed by atoms with Gasteiger partial charge in [0.2, 0.25) is 0 Å². The summed E-state index contributed by atoms with van der Waals surface area (Å²) in [5, 5.41) is 24.7. The molecular weight excluding hydrogens is 400 g/mol. The highest BCUT2D eigenvalue weighted by Crippen LogP contribution is 2.33. The highest BCUT2D eigenvalue weighted by molar-refractivity contribution is 6.10. The zero-order valence-corrected chi connectivity index (χ0v) is 18.7. The standard InChI is InChI=1S/C27H32N2O3/c1-2-19-18-20(10-11-26(19)31)22-6-3-8-24-23(22)7-4-9-25(24)27(32)28-14-5-15-29-16-12-21(30)13-17-29/h3-4,6-11,18,21,30-31H,2,5,12-17H2,1H3,(H,28,32). The van der Waals surface area contributed by atoms with Crippen molar-refractivity contribution < 1.29 is 15.0 Å². The Labute approximate surface area is 189 Å². The van der Waals surface area contributed by atoms with Crippen molar-refractivity contribution in [3.63, 3.8) is 0 Å². The number of phenols is 1. The number of aryl methyl sites for hydroxylation is 1. The van der Waals surface area contributed by atoms with Crippen molar-refractivity contribution in [2.45, 2.75) is 38.7 Å². The maximum Gasteiger partial charge on any atom is 0.251 e. The molecule has 0 aromatic heterocycles. The van der Waals surface area contributed by atoms with Crippen molar-refractivity contribution >= 4 is 16.7 Å². The third kappa shape index (κ3) is 4.95. The summed E-state index contributed by atoms with van der Waals surface area (Å²) >= 11 is 0. The van der Waals surface area contributed by atoms with E-state index in [1.807, 2.05) is 49.4 Å². The number of aliphatic hydroxyl groups is 1. The summed E-state index contributed by atoms with van der Waals surface area (Å²) in [5.74, 6) is 0.263. The average Bonchev–Trinajstić information content (AvgIpc) is 2.82. The largest absolute Gasteiger partial charge is 0.508 e. The maximum atomic E-state index is 13.0. The lowest BCUT2D eigenvalue weighted by molar-refractivity contribution is 0.0816. The average molecular weight is 433 g/mol. The van der Waals surface area contributed by atoms with Crippen molar-refractivity contribution in [2.24, 2.45) is 0 Å². The lowest BCUT2D eigenvalue weighted by atomic mass is 9.94. The number of rotatable bonds is 7. The summed E-state index contributed by atoms with van der Waals surface area (Å²) < 4.78 is 0. The van der Waals surface area contributed by atoms with Gasteiger partial charge in [0, 0.05) is 25.2 Å². The van der Waals surface area contributed by atoms with Crippen LogP contribution in [0.5, 0.6) is 5.75 Å². The first-order valence-electron chi connectivity index (χ1n) is 11.6. The Kier molecular flexibility index (Phi) is 7.08. The number of likely N-dealkylation sites (tertiary alicyclic amines) is 1. The highest BCUT2D eigenvalue weighted by atomic mass is 16.3. The van der Waals surface area contributed by atoms with E-state index in [1.165, 1.54) is 0 Å². The van der Waals surface area contributed by atoms with Crippen LogP contribution in [-0.4, -0.2) is 53.3 Å². The number of nitrogens with one attached hydrogen (secondary N) is 1. The molecule has 0 spiro atoms. The molecule has 1 aliphatic heterocycles. The molecule has 0 saturated carbocycles. The van der Waals surface area contributed by atoms with Gasteiger partial charge in [0.15, 0.2) is 0 Å². The Hall–Kier alpha value is -2.89. The van der Waals surface area contributed by atoms with Gasteiger partial charge in [-0.3, -0.25) is 4.79 Å². The summed E-state index contributed by atoms with van der Waals surface area (Å²) in [4.78, 5) is 15.3. The summed E-state index contributed by atoms with van der Waals surface area (Å²) in [5.41, 5.74) is 3.69. The minimum atomic E-state index is -0.155. The molecule has 168 valence electrons. The fraction of sp³-hybridized carbons (Fsp3) is 0.370. The molecule has 0 bridgehead atoms. The molecule has 1 heterocycles. The van der Waals surface area contributed by atoms with Gasteiger partial charge in [-0.25, -0.2) is 0 Å². The van der Waals surface area contributed by atoms with Crippen molar-refractivity contribution in [2.75, 3.05) is 26.2 Å². The second kappa shape index (κ2) is 10.2. The van der Waals surface area contributed by atoms with Crippen LogP contribution in [0.2, 0.25) is 0 Å². The Balaban J connectivity index is 1.48. The van der Waals surface area contributed by atoms with Gasteiger partial charge >= 0.3 is 0 Å². The van der Waals surface area contributed by atoms with E-state index in [0.29, 0.717) is 17.9 Å². The summed E-state index contributed by atoms with van der Waals surface area (Å²) in [6.07, 6.45) is 3.18. The normalized spacial score (nSPS) is 15.2. The second-order valence-electron chi connectivity index (χ2n) is 8.59. The van der Waals surface area contributed by atoms with Gasteiger partial charge in [-0.05, 0) is 77.9 Å². The van der Waals surface area contributed by atoms with Gasteiger partial charge in [-0.1, -0.05) is 43.3 Å². The van der Waals surface area contributed by atoms with Crippen LogP contribution >= 0.6 is 0 Å². The first kappa shape index (κ1) is 22.3. The third-order valence-electron chi connectivity index (χ3n) is 6.43. The van der Waals surface area contributed by atoms with Crippen LogP contribution in [-0.2, 0) is 6.42 Å². The summed E-state index contributed by atoms with van der Waals surface area (Å²) in [6.45, 7) is 5.45. The predicted octanol–water partition coefficient (Wildman–Crippen LogP) is 4.35. The smallest absolute Gasteiger partial charge is 0.251 e. The van der Waals surface area contributed by atoms with Crippen LogP contribution in [0.1, 0.15) is 42.1 Å². The zero-order chi connectivity index (χ0) is 22.5. The van der Waals surface area contributed by atoms with Crippen LogP contribution in [0.3, 0.4) is 0 Å². The number of aromatic hydroxyl groups is 1. The van der Waals surface area contributed by atoms with E-state index in [2.05, 4.69) is 16.3 Å². The van der Waals surface area contributed by atoms with E-state index in [-0.39, 0.29) is 12.0 Å². The molecule has 0 atom stereocenters. The van der Waals surface area contributed by atoms with E-state index in [1.54, 1.807) is 6.07 Å². The van der Waals surface area contributed by atoms with Gasteiger partial charge in [0.05, 0.1) is 6.10 Å². The monoisotopic (exact) mass is 432 g/mol. The molecule has 4 rings (SSSR count). The number of hydrogen-bond acceptors (Lipinski definition) is 4. The SMILES string of the molecule is CCc1cc(-c2cccc3c(C(=O)NCCCN4CCC(O)CC4)cccc23)ccc1O. The molecule has 0 unspecified atom stereocenters. The van der Waals surface area contributed by atoms with E-state index in [9.17, 15) is 15.0 Å². The van der Waals surface area contributed by atoms with E-state index < -0.39 is 0 Å². The molecule has 1 saturated heterocycles. The maximum absolute atomic E-state index is 13.0. The van der Waals surface area contributed by atoms with Crippen LogP contribution in [0, 0.1) is 0 Å². The molecule has 3 aromatic carbocycles. The molecule has 5 heteroatoms. The molecule has 5 nitrogen and oxygen atoms in total.